The molecule has 1 aliphatic rings. The van der Waals surface area contributed by atoms with Crippen molar-refractivity contribution in [1.82, 2.24) is 5.32 Å². The van der Waals surface area contributed by atoms with Crippen LogP contribution in [0.15, 0.2) is 0 Å². The van der Waals surface area contributed by atoms with Crippen molar-refractivity contribution in [2.45, 2.75) is 45.2 Å². The highest BCUT2D eigenvalue weighted by Gasteiger charge is 2.45. The van der Waals surface area contributed by atoms with Crippen LogP contribution in [0.3, 0.4) is 0 Å². The molecular formula is C12H22N2O4. The van der Waals surface area contributed by atoms with E-state index in [4.69, 9.17) is 15.6 Å². The summed E-state index contributed by atoms with van der Waals surface area (Å²) in [5.41, 5.74) is 5.00. The molecule has 1 heterocycles. The lowest BCUT2D eigenvalue weighted by molar-refractivity contribution is -0.144. The van der Waals surface area contributed by atoms with Crippen LogP contribution in [-0.2, 0) is 14.3 Å². The lowest BCUT2D eigenvalue weighted by atomic mass is 9.84. The molecule has 1 amide bonds. The maximum Gasteiger partial charge on any atom is 0.326 e. The maximum absolute atomic E-state index is 12.1. The van der Waals surface area contributed by atoms with Crippen molar-refractivity contribution >= 4 is 11.9 Å². The fourth-order valence-electron chi connectivity index (χ4n) is 1.91. The molecule has 1 rings (SSSR count). The van der Waals surface area contributed by atoms with Crippen molar-refractivity contribution in [1.29, 1.82) is 0 Å². The Bertz CT molecular complexity index is 321. The number of carbonyl (C=O) groups is 2. The van der Waals surface area contributed by atoms with Crippen LogP contribution >= 0.6 is 0 Å². The molecule has 0 spiro atoms. The molecule has 2 unspecified atom stereocenters. The minimum atomic E-state index is -1.01. The van der Waals surface area contributed by atoms with Crippen molar-refractivity contribution in [3.05, 3.63) is 0 Å². The second-order valence-corrected chi connectivity index (χ2v) is 5.05. The number of unbranched alkanes of at least 4 members (excludes halogenated alkanes) is 1. The summed E-state index contributed by atoms with van der Waals surface area (Å²) in [4.78, 5) is 23.2. The van der Waals surface area contributed by atoms with Crippen molar-refractivity contribution in [3.63, 3.8) is 0 Å². The zero-order chi connectivity index (χ0) is 13.8. The number of carbonyl (C=O) groups excluding carboxylic acids is 1. The second kappa shape index (κ2) is 6.15. The average Bonchev–Trinajstić information content (AvgIpc) is 2.65. The number of aliphatic carboxylic acids is 1. The first-order chi connectivity index (χ1) is 8.41. The summed E-state index contributed by atoms with van der Waals surface area (Å²) in [5, 5.41) is 11.6. The molecule has 0 aromatic carbocycles. The van der Waals surface area contributed by atoms with Gasteiger partial charge in [-0.25, -0.2) is 4.79 Å². The Kier molecular flexibility index (Phi) is 5.10. The fraction of sp³-hybridized carbons (Fsp3) is 0.833. The normalized spacial score (nSPS) is 28.9. The molecular weight excluding hydrogens is 236 g/mol. The highest BCUT2D eigenvalue weighted by molar-refractivity contribution is 5.88. The molecule has 0 aromatic heterocycles. The van der Waals surface area contributed by atoms with Crippen LogP contribution in [-0.4, -0.2) is 42.3 Å². The van der Waals surface area contributed by atoms with Crippen molar-refractivity contribution in [2.75, 3.05) is 13.2 Å². The molecule has 0 saturated carbocycles. The summed E-state index contributed by atoms with van der Waals surface area (Å²) in [5.74, 6) is -1.34. The van der Waals surface area contributed by atoms with Crippen LogP contribution in [0.5, 0.6) is 0 Å². The molecule has 6 nitrogen and oxygen atoms in total. The predicted octanol–water partition coefficient (Wildman–Crippen LogP) is 0.110. The van der Waals surface area contributed by atoms with Gasteiger partial charge in [-0.05, 0) is 13.3 Å². The highest BCUT2D eigenvalue weighted by atomic mass is 16.5. The van der Waals surface area contributed by atoms with Crippen LogP contribution in [0, 0.1) is 5.41 Å². The standard InChI is InChI=1S/C12H22N2O4/c1-3-4-5-8(10(15)16)14-11(17)12(2)7-18-6-9(12)13/h8-9H,3-7,13H2,1-2H3,(H,14,17)(H,15,16)/t8-,9?,12?/m0/s1. The summed E-state index contributed by atoms with van der Waals surface area (Å²) < 4.78 is 5.18. The summed E-state index contributed by atoms with van der Waals surface area (Å²) in [6.07, 6.45) is 2.08. The van der Waals surface area contributed by atoms with Crippen LogP contribution in [0.2, 0.25) is 0 Å². The predicted molar refractivity (Wildman–Crippen MR) is 66.0 cm³/mol. The number of rotatable bonds is 6. The lowest BCUT2D eigenvalue weighted by Crippen LogP contribution is -2.54. The van der Waals surface area contributed by atoms with Gasteiger partial charge in [-0.2, -0.15) is 0 Å². The van der Waals surface area contributed by atoms with Gasteiger partial charge in [0.1, 0.15) is 6.04 Å². The smallest absolute Gasteiger partial charge is 0.326 e. The number of carboxylic acid groups (broad SMARTS) is 1. The van der Waals surface area contributed by atoms with E-state index in [-0.39, 0.29) is 12.5 Å². The van der Waals surface area contributed by atoms with Gasteiger partial charge in [0, 0.05) is 6.04 Å². The van der Waals surface area contributed by atoms with Gasteiger partial charge >= 0.3 is 5.97 Å². The van der Waals surface area contributed by atoms with E-state index in [0.29, 0.717) is 13.0 Å². The van der Waals surface area contributed by atoms with E-state index >= 15 is 0 Å². The van der Waals surface area contributed by atoms with E-state index in [9.17, 15) is 9.59 Å². The number of nitrogens with two attached hydrogens (primary N) is 1. The largest absolute Gasteiger partial charge is 0.480 e. The Morgan fingerprint density at radius 2 is 2.28 bits per heavy atom. The molecule has 0 aliphatic carbocycles. The highest BCUT2D eigenvalue weighted by Crippen LogP contribution is 2.27. The Morgan fingerprint density at radius 3 is 2.72 bits per heavy atom. The third kappa shape index (κ3) is 3.20. The SMILES string of the molecule is CCCC[C@H](NC(=O)C1(C)COCC1N)C(=O)O. The molecule has 104 valence electrons. The molecule has 0 aromatic rings. The molecule has 1 aliphatic heterocycles. The van der Waals surface area contributed by atoms with Gasteiger partial charge in [-0.1, -0.05) is 19.8 Å². The molecule has 0 bridgehead atoms. The number of amides is 1. The van der Waals surface area contributed by atoms with Gasteiger partial charge in [0.25, 0.3) is 0 Å². The lowest BCUT2D eigenvalue weighted by Gasteiger charge is -2.27. The molecule has 0 radical (unpaired) electrons. The average molecular weight is 258 g/mol. The minimum Gasteiger partial charge on any atom is -0.480 e. The monoisotopic (exact) mass is 258 g/mol. The molecule has 1 saturated heterocycles. The molecule has 6 heteroatoms. The minimum absolute atomic E-state index is 0.236. The van der Waals surface area contributed by atoms with Crippen molar-refractivity contribution in [2.24, 2.45) is 11.1 Å². The quantitative estimate of drug-likeness (QED) is 0.627. The first-order valence-electron chi connectivity index (χ1n) is 6.29. The number of hydrogen-bond donors (Lipinski definition) is 3. The maximum atomic E-state index is 12.1. The third-order valence-electron chi connectivity index (χ3n) is 3.49. The van der Waals surface area contributed by atoms with E-state index in [0.717, 1.165) is 12.8 Å². The van der Waals surface area contributed by atoms with Gasteiger partial charge in [-0.15, -0.1) is 0 Å². The van der Waals surface area contributed by atoms with E-state index in [1.807, 2.05) is 6.92 Å². The van der Waals surface area contributed by atoms with Crippen molar-refractivity contribution < 1.29 is 19.4 Å². The first kappa shape index (κ1) is 14.9. The number of hydrogen-bond acceptors (Lipinski definition) is 4. The third-order valence-corrected chi connectivity index (χ3v) is 3.49. The van der Waals surface area contributed by atoms with Crippen LogP contribution in [0.4, 0.5) is 0 Å². The Balaban J connectivity index is 2.63. The van der Waals surface area contributed by atoms with Crippen LogP contribution in [0.25, 0.3) is 0 Å². The molecule has 3 atom stereocenters. The van der Waals surface area contributed by atoms with Crippen molar-refractivity contribution in [3.8, 4) is 0 Å². The van der Waals surface area contributed by atoms with Crippen LogP contribution < -0.4 is 11.1 Å². The molecule has 1 fully saturated rings. The first-order valence-corrected chi connectivity index (χ1v) is 6.29. The van der Waals surface area contributed by atoms with E-state index in [2.05, 4.69) is 5.32 Å². The van der Waals surface area contributed by atoms with Gasteiger partial charge in [0.15, 0.2) is 0 Å². The number of nitrogens with one attached hydrogen (secondary N) is 1. The summed E-state index contributed by atoms with van der Waals surface area (Å²) in [6, 6.07) is -1.24. The summed E-state index contributed by atoms with van der Waals surface area (Å²) >= 11 is 0. The van der Waals surface area contributed by atoms with Gasteiger partial charge in [-0.3, -0.25) is 4.79 Å². The molecule has 18 heavy (non-hydrogen) atoms. The second-order valence-electron chi connectivity index (χ2n) is 5.05. The Morgan fingerprint density at radius 1 is 1.61 bits per heavy atom. The zero-order valence-corrected chi connectivity index (χ0v) is 10.9. The number of ether oxygens (including phenoxy) is 1. The van der Waals surface area contributed by atoms with Crippen LogP contribution in [0.1, 0.15) is 33.1 Å². The van der Waals surface area contributed by atoms with E-state index in [1.165, 1.54) is 0 Å². The molecule has 4 N–H and O–H groups in total. The number of carboxylic acids is 1. The van der Waals surface area contributed by atoms with E-state index < -0.39 is 23.5 Å². The topological polar surface area (TPSA) is 102 Å². The Hall–Kier alpha value is -1.14. The summed E-state index contributed by atoms with van der Waals surface area (Å²) in [6.45, 7) is 4.25. The van der Waals surface area contributed by atoms with E-state index in [1.54, 1.807) is 6.92 Å². The van der Waals surface area contributed by atoms with Gasteiger partial charge in [0.2, 0.25) is 5.91 Å². The Labute approximate surface area is 107 Å². The van der Waals surface area contributed by atoms with Gasteiger partial charge in [0.05, 0.1) is 18.6 Å². The summed E-state index contributed by atoms with van der Waals surface area (Å²) in [7, 11) is 0. The van der Waals surface area contributed by atoms with Gasteiger partial charge < -0.3 is 20.9 Å². The zero-order valence-electron chi connectivity index (χ0n) is 10.9. The fourth-order valence-corrected chi connectivity index (χ4v) is 1.91.